The van der Waals surface area contributed by atoms with Gasteiger partial charge < -0.3 is 5.73 Å². The lowest BCUT2D eigenvalue weighted by Crippen LogP contribution is -2.05. The van der Waals surface area contributed by atoms with E-state index in [-0.39, 0.29) is 5.82 Å². The lowest BCUT2D eigenvalue weighted by Gasteiger charge is -2.14. The summed E-state index contributed by atoms with van der Waals surface area (Å²) < 4.78 is 0. The first-order valence-corrected chi connectivity index (χ1v) is 6.41. The van der Waals surface area contributed by atoms with Crippen LogP contribution in [0.15, 0.2) is 24.3 Å². The number of nitrogen functional groups attached to an aromatic ring is 1. The van der Waals surface area contributed by atoms with Crippen LogP contribution in [0.4, 0.5) is 5.82 Å². The van der Waals surface area contributed by atoms with Crippen molar-refractivity contribution in [3.8, 4) is 17.2 Å². The Morgan fingerprint density at radius 2 is 2.05 bits per heavy atom. The average molecular weight is 272 g/mol. The maximum Gasteiger partial charge on any atom is 0.142 e. The van der Waals surface area contributed by atoms with Crippen LogP contribution < -0.4 is 5.73 Å². The smallest absolute Gasteiger partial charge is 0.142 e. The van der Waals surface area contributed by atoms with Gasteiger partial charge in [-0.3, -0.25) is 0 Å². The number of halogens is 1. The molecule has 0 saturated heterocycles. The number of hydrogen-bond donors (Lipinski definition) is 1. The lowest BCUT2D eigenvalue weighted by molar-refractivity contribution is 1.01. The van der Waals surface area contributed by atoms with Gasteiger partial charge in [-0.2, -0.15) is 5.26 Å². The van der Waals surface area contributed by atoms with Gasteiger partial charge in [-0.25, -0.2) is 4.98 Å². The summed E-state index contributed by atoms with van der Waals surface area (Å²) in [6.07, 6.45) is 0.763. The van der Waals surface area contributed by atoms with Gasteiger partial charge in [0.2, 0.25) is 0 Å². The Labute approximate surface area is 117 Å². The first-order valence-electron chi connectivity index (χ1n) is 6.04. The molecule has 19 heavy (non-hydrogen) atoms. The molecule has 1 aromatic heterocycles. The van der Waals surface area contributed by atoms with E-state index < -0.39 is 0 Å². The summed E-state index contributed by atoms with van der Waals surface area (Å²) in [5.41, 5.74) is 9.74. The molecule has 0 atom stereocenters. The lowest BCUT2D eigenvalue weighted by atomic mass is 9.94. The molecule has 0 saturated carbocycles. The number of anilines is 1. The molecule has 1 aromatic carbocycles. The quantitative estimate of drug-likeness (QED) is 0.905. The van der Waals surface area contributed by atoms with E-state index in [0.717, 1.165) is 28.8 Å². The Morgan fingerprint density at radius 3 is 2.63 bits per heavy atom. The molecule has 4 heteroatoms. The Morgan fingerprint density at radius 1 is 1.37 bits per heavy atom. The standard InChI is InChI=1S/C15H14ClN3/c1-3-13-9(2)14(11(8-17)15(18)19-13)10-6-4-5-7-12(10)16/h4-7H,3H2,1-2H3,(H2,18,19). The molecular weight excluding hydrogens is 258 g/mol. The minimum Gasteiger partial charge on any atom is -0.383 e. The zero-order valence-corrected chi connectivity index (χ0v) is 11.6. The summed E-state index contributed by atoms with van der Waals surface area (Å²) in [7, 11) is 0. The molecule has 0 unspecified atom stereocenters. The van der Waals surface area contributed by atoms with E-state index in [1.165, 1.54) is 0 Å². The summed E-state index contributed by atoms with van der Waals surface area (Å²) in [5.74, 6) is 0.264. The van der Waals surface area contributed by atoms with E-state index in [2.05, 4.69) is 11.1 Å². The number of nitrogens with zero attached hydrogens (tertiary/aromatic N) is 2. The van der Waals surface area contributed by atoms with Crippen molar-refractivity contribution in [2.24, 2.45) is 0 Å². The monoisotopic (exact) mass is 271 g/mol. The molecule has 3 nitrogen and oxygen atoms in total. The molecule has 0 aliphatic rings. The summed E-state index contributed by atoms with van der Waals surface area (Å²) in [5, 5.41) is 9.93. The van der Waals surface area contributed by atoms with E-state index in [1.54, 1.807) is 6.07 Å². The Balaban J connectivity index is 2.86. The summed E-state index contributed by atoms with van der Waals surface area (Å²) >= 11 is 6.24. The third kappa shape index (κ3) is 2.27. The van der Waals surface area contributed by atoms with Gasteiger partial charge in [-0.05, 0) is 25.0 Å². The molecular formula is C15H14ClN3. The second kappa shape index (κ2) is 5.29. The molecule has 96 valence electrons. The third-order valence-electron chi connectivity index (χ3n) is 3.16. The number of rotatable bonds is 2. The largest absolute Gasteiger partial charge is 0.383 e. The number of nitriles is 1. The van der Waals surface area contributed by atoms with Gasteiger partial charge in [0.05, 0.1) is 0 Å². The van der Waals surface area contributed by atoms with Crippen LogP contribution >= 0.6 is 11.6 Å². The predicted molar refractivity (Wildman–Crippen MR) is 77.9 cm³/mol. The van der Waals surface area contributed by atoms with Gasteiger partial charge in [0, 0.05) is 21.8 Å². The summed E-state index contributed by atoms with van der Waals surface area (Å²) in [6.45, 7) is 3.96. The SMILES string of the molecule is CCc1nc(N)c(C#N)c(-c2ccccc2Cl)c1C. The first kappa shape index (κ1) is 13.4. The van der Waals surface area contributed by atoms with Crippen molar-refractivity contribution in [3.63, 3.8) is 0 Å². The highest BCUT2D eigenvalue weighted by atomic mass is 35.5. The van der Waals surface area contributed by atoms with Crippen LogP contribution in [0.1, 0.15) is 23.7 Å². The maximum absolute atomic E-state index is 9.33. The van der Waals surface area contributed by atoms with Crippen molar-refractivity contribution in [2.45, 2.75) is 20.3 Å². The Hall–Kier alpha value is -2.05. The van der Waals surface area contributed by atoms with Crippen LogP contribution in [0.25, 0.3) is 11.1 Å². The number of aryl methyl sites for hydroxylation is 1. The van der Waals surface area contributed by atoms with Gasteiger partial charge in [-0.15, -0.1) is 0 Å². The fourth-order valence-corrected chi connectivity index (χ4v) is 2.43. The third-order valence-corrected chi connectivity index (χ3v) is 3.49. The van der Waals surface area contributed by atoms with Gasteiger partial charge in [0.25, 0.3) is 0 Å². The second-order valence-electron chi connectivity index (χ2n) is 4.26. The average Bonchev–Trinajstić information content (AvgIpc) is 2.41. The van der Waals surface area contributed by atoms with Crippen molar-refractivity contribution in [2.75, 3.05) is 5.73 Å². The molecule has 0 bridgehead atoms. The van der Waals surface area contributed by atoms with Crippen LogP contribution in [-0.2, 0) is 6.42 Å². The van der Waals surface area contributed by atoms with E-state index in [1.807, 2.05) is 32.0 Å². The van der Waals surface area contributed by atoms with E-state index in [4.69, 9.17) is 17.3 Å². The second-order valence-corrected chi connectivity index (χ2v) is 4.67. The van der Waals surface area contributed by atoms with Crippen LogP contribution in [0.5, 0.6) is 0 Å². The molecule has 0 spiro atoms. The minimum atomic E-state index is 0.264. The number of nitrogens with two attached hydrogens (primary N) is 1. The van der Waals surface area contributed by atoms with Gasteiger partial charge in [0.15, 0.2) is 0 Å². The fraction of sp³-hybridized carbons (Fsp3) is 0.200. The number of benzene rings is 1. The predicted octanol–water partition coefficient (Wildman–Crippen LogP) is 3.73. The van der Waals surface area contributed by atoms with Crippen molar-refractivity contribution < 1.29 is 0 Å². The van der Waals surface area contributed by atoms with E-state index in [0.29, 0.717) is 10.6 Å². The molecule has 0 amide bonds. The maximum atomic E-state index is 9.33. The van der Waals surface area contributed by atoms with Gasteiger partial charge >= 0.3 is 0 Å². The molecule has 2 rings (SSSR count). The minimum absolute atomic E-state index is 0.264. The van der Waals surface area contributed by atoms with Gasteiger partial charge in [-0.1, -0.05) is 36.7 Å². The number of pyridine rings is 1. The molecule has 2 N–H and O–H groups in total. The summed E-state index contributed by atoms with van der Waals surface area (Å²) in [4.78, 5) is 4.29. The number of hydrogen-bond acceptors (Lipinski definition) is 3. The van der Waals surface area contributed by atoms with Gasteiger partial charge in [0.1, 0.15) is 17.5 Å². The molecule has 1 heterocycles. The highest BCUT2D eigenvalue weighted by Gasteiger charge is 2.17. The Bertz CT molecular complexity index is 671. The number of aromatic nitrogens is 1. The zero-order chi connectivity index (χ0) is 14.0. The van der Waals surface area contributed by atoms with Crippen molar-refractivity contribution in [1.82, 2.24) is 4.98 Å². The van der Waals surface area contributed by atoms with Crippen molar-refractivity contribution >= 4 is 17.4 Å². The molecule has 0 fully saturated rings. The normalized spacial score (nSPS) is 10.2. The first-order chi connectivity index (χ1) is 9.10. The van der Waals surface area contributed by atoms with Crippen LogP contribution in [-0.4, -0.2) is 4.98 Å². The molecule has 0 aliphatic heterocycles. The van der Waals surface area contributed by atoms with E-state index in [9.17, 15) is 5.26 Å². The molecule has 0 radical (unpaired) electrons. The molecule has 2 aromatic rings. The van der Waals surface area contributed by atoms with Crippen LogP contribution in [0.3, 0.4) is 0 Å². The topological polar surface area (TPSA) is 62.7 Å². The van der Waals surface area contributed by atoms with Crippen LogP contribution in [0.2, 0.25) is 5.02 Å². The zero-order valence-electron chi connectivity index (χ0n) is 10.9. The highest BCUT2D eigenvalue weighted by molar-refractivity contribution is 6.33. The van der Waals surface area contributed by atoms with E-state index >= 15 is 0 Å². The van der Waals surface area contributed by atoms with Crippen molar-refractivity contribution in [3.05, 3.63) is 46.1 Å². The Kier molecular flexibility index (Phi) is 3.73. The summed E-state index contributed by atoms with van der Waals surface area (Å²) in [6, 6.07) is 9.59. The fourth-order valence-electron chi connectivity index (χ4n) is 2.20. The highest BCUT2D eigenvalue weighted by Crippen LogP contribution is 2.35. The van der Waals surface area contributed by atoms with Crippen LogP contribution in [0, 0.1) is 18.3 Å². The van der Waals surface area contributed by atoms with Crippen molar-refractivity contribution in [1.29, 1.82) is 5.26 Å². The molecule has 0 aliphatic carbocycles.